The lowest BCUT2D eigenvalue weighted by Gasteiger charge is -2.10. The van der Waals surface area contributed by atoms with Crippen LogP contribution in [0.5, 0.6) is 0 Å². The summed E-state index contributed by atoms with van der Waals surface area (Å²) in [6.45, 7) is 0. The minimum Gasteiger partial charge on any atom is -0.354 e. The number of aromatic nitrogens is 1. The first-order valence-corrected chi connectivity index (χ1v) is 8.74. The van der Waals surface area contributed by atoms with Crippen LogP contribution in [0.2, 0.25) is 0 Å². The second-order valence-electron chi connectivity index (χ2n) is 5.78. The van der Waals surface area contributed by atoms with Crippen molar-refractivity contribution in [1.29, 1.82) is 0 Å². The van der Waals surface area contributed by atoms with Crippen LogP contribution in [0.25, 0.3) is 22.2 Å². The molecule has 0 spiro atoms. The van der Waals surface area contributed by atoms with Gasteiger partial charge in [-0.2, -0.15) is 0 Å². The Hall–Kier alpha value is -2.85. The molecule has 4 heteroatoms. The Morgan fingerprint density at radius 2 is 1.60 bits per heavy atom. The van der Waals surface area contributed by atoms with Crippen molar-refractivity contribution in [2.24, 2.45) is 0 Å². The molecule has 3 nitrogen and oxygen atoms in total. The number of nitrogens with one attached hydrogen (secondary N) is 2. The fraction of sp³-hybridized carbons (Fsp3) is 0. The molecule has 0 atom stereocenters. The third-order valence-corrected chi connectivity index (χ3v) is 4.63. The predicted octanol–water partition coefficient (Wildman–Crippen LogP) is 5.85. The lowest BCUT2D eigenvalue weighted by molar-refractivity contribution is 0.102. The van der Waals surface area contributed by atoms with E-state index < -0.39 is 0 Å². The standard InChI is InChI=1S/C21H15BrN2O/c22-16-11-9-14(10-12-16)21(25)24-19-8-4-2-6-17(19)20-13-15-5-1-3-7-18(15)23-20/h1-13,23H,(H,24,25). The van der Waals surface area contributed by atoms with Crippen LogP contribution in [0.3, 0.4) is 0 Å². The van der Waals surface area contributed by atoms with Crippen molar-refractivity contribution < 1.29 is 4.79 Å². The zero-order valence-electron chi connectivity index (χ0n) is 13.3. The molecule has 25 heavy (non-hydrogen) atoms. The Labute approximate surface area is 153 Å². The molecule has 1 aromatic heterocycles. The van der Waals surface area contributed by atoms with Gasteiger partial charge in [0.05, 0.1) is 5.69 Å². The monoisotopic (exact) mass is 390 g/mol. The number of anilines is 1. The SMILES string of the molecule is O=C(Nc1ccccc1-c1cc2ccccc2[nH]1)c1ccc(Br)cc1. The Morgan fingerprint density at radius 3 is 2.40 bits per heavy atom. The first-order chi connectivity index (χ1) is 12.2. The van der Waals surface area contributed by atoms with Crippen LogP contribution in [-0.2, 0) is 0 Å². The van der Waals surface area contributed by atoms with E-state index in [1.165, 1.54) is 0 Å². The van der Waals surface area contributed by atoms with E-state index in [9.17, 15) is 4.79 Å². The van der Waals surface area contributed by atoms with Gasteiger partial charge in [0.2, 0.25) is 0 Å². The highest BCUT2D eigenvalue weighted by atomic mass is 79.9. The molecule has 0 radical (unpaired) electrons. The van der Waals surface area contributed by atoms with Crippen molar-refractivity contribution in [1.82, 2.24) is 4.98 Å². The lowest BCUT2D eigenvalue weighted by Crippen LogP contribution is -2.12. The lowest BCUT2D eigenvalue weighted by atomic mass is 10.1. The average Bonchev–Trinajstić information content (AvgIpc) is 3.06. The molecule has 0 aliphatic rings. The molecule has 1 heterocycles. The molecule has 0 unspecified atom stereocenters. The number of aromatic amines is 1. The van der Waals surface area contributed by atoms with E-state index in [4.69, 9.17) is 0 Å². The molecule has 3 aromatic carbocycles. The number of rotatable bonds is 3. The summed E-state index contributed by atoms with van der Waals surface area (Å²) in [5.41, 5.74) is 4.42. The number of halogens is 1. The van der Waals surface area contributed by atoms with Gasteiger partial charge in [-0.1, -0.05) is 52.3 Å². The Balaban J connectivity index is 1.69. The van der Waals surface area contributed by atoms with E-state index in [2.05, 4.69) is 38.4 Å². The molecule has 2 N–H and O–H groups in total. The molecule has 4 aromatic rings. The molecule has 0 aliphatic carbocycles. The highest BCUT2D eigenvalue weighted by Gasteiger charge is 2.11. The van der Waals surface area contributed by atoms with Gasteiger partial charge in [0.15, 0.2) is 0 Å². The van der Waals surface area contributed by atoms with E-state index >= 15 is 0 Å². The summed E-state index contributed by atoms with van der Waals surface area (Å²) >= 11 is 3.38. The molecular formula is C21H15BrN2O. The molecule has 0 fully saturated rings. The van der Waals surface area contributed by atoms with Crippen LogP contribution >= 0.6 is 15.9 Å². The minimum absolute atomic E-state index is 0.129. The minimum atomic E-state index is -0.129. The highest BCUT2D eigenvalue weighted by Crippen LogP contribution is 2.30. The van der Waals surface area contributed by atoms with Crippen LogP contribution in [0, 0.1) is 0 Å². The summed E-state index contributed by atoms with van der Waals surface area (Å²) in [5, 5.41) is 4.16. The molecular weight excluding hydrogens is 376 g/mol. The summed E-state index contributed by atoms with van der Waals surface area (Å²) in [6, 6.07) is 25.3. The number of para-hydroxylation sites is 2. The van der Waals surface area contributed by atoms with Gasteiger partial charge < -0.3 is 10.3 Å². The van der Waals surface area contributed by atoms with Crippen LogP contribution in [-0.4, -0.2) is 10.9 Å². The van der Waals surface area contributed by atoms with Gasteiger partial charge in [-0.05, 0) is 42.5 Å². The summed E-state index contributed by atoms with van der Waals surface area (Å²) in [7, 11) is 0. The third-order valence-electron chi connectivity index (χ3n) is 4.10. The largest absolute Gasteiger partial charge is 0.354 e. The van der Waals surface area contributed by atoms with Crippen LogP contribution in [0.4, 0.5) is 5.69 Å². The van der Waals surface area contributed by atoms with E-state index in [0.29, 0.717) is 5.56 Å². The number of amides is 1. The topological polar surface area (TPSA) is 44.9 Å². The fourth-order valence-electron chi connectivity index (χ4n) is 2.84. The van der Waals surface area contributed by atoms with Crippen molar-refractivity contribution in [3.05, 3.63) is 88.9 Å². The number of hydrogen-bond acceptors (Lipinski definition) is 1. The van der Waals surface area contributed by atoms with Gasteiger partial charge >= 0.3 is 0 Å². The van der Waals surface area contributed by atoms with Gasteiger partial charge in [-0.3, -0.25) is 4.79 Å². The first-order valence-electron chi connectivity index (χ1n) is 7.95. The first kappa shape index (κ1) is 15.7. The summed E-state index contributed by atoms with van der Waals surface area (Å²) in [4.78, 5) is 16.0. The van der Waals surface area contributed by atoms with Gasteiger partial charge in [0.25, 0.3) is 5.91 Å². The molecule has 0 bridgehead atoms. The quantitative estimate of drug-likeness (QED) is 0.452. The van der Waals surface area contributed by atoms with Crippen molar-refractivity contribution in [3.63, 3.8) is 0 Å². The molecule has 1 amide bonds. The summed E-state index contributed by atoms with van der Waals surface area (Å²) in [6.07, 6.45) is 0. The third kappa shape index (κ3) is 3.21. The summed E-state index contributed by atoms with van der Waals surface area (Å²) < 4.78 is 0.947. The zero-order valence-corrected chi connectivity index (χ0v) is 14.9. The maximum Gasteiger partial charge on any atom is 0.255 e. The molecule has 4 rings (SSSR count). The predicted molar refractivity (Wildman–Crippen MR) is 106 cm³/mol. The smallest absolute Gasteiger partial charge is 0.255 e. The van der Waals surface area contributed by atoms with Crippen LogP contribution < -0.4 is 5.32 Å². The van der Waals surface area contributed by atoms with E-state index in [1.807, 2.05) is 54.6 Å². The Morgan fingerprint density at radius 1 is 0.880 bits per heavy atom. The number of carbonyl (C=O) groups is 1. The van der Waals surface area contributed by atoms with Crippen LogP contribution in [0.15, 0.2) is 83.3 Å². The second-order valence-corrected chi connectivity index (χ2v) is 6.69. The maximum atomic E-state index is 12.5. The van der Waals surface area contributed by atoms with E-state index in [-0.39, 0.29) is 5.91 Å². The highest BCUT2D eigenvalue weighted by molar-refractivity contribution is 9.10. The number of carbonyl (C=O) groups excluding carboxylic acids is 1. The number of benzene rings is 3. The fourth-order valence-corrected chi connectivity index (χ4v) is 3.11. The number of H-pyrrole nitrogens is 1. The van der Waals surface area contributed by atoms with Gasteiger partial charge in [-0.15, -0.1) is 0 Å². The average molecular weight is 391 g/mol. The van der Waals surface area contributed by atoms with Crippen molar-refractivity contribution in [2.75, 3.05) is 5.32 Å². The molecule has 122 valence electrons. The van der Waals surface area contributed by atoms with Gasteiger partial charge in [0.1, 0.15) is 0 Å². The Kier molecular flexibility index (Phi) is 4.12. The van der Waals surface area contributed by atoms with Crippen LogP contribution in [0.1, 0.15) is 10.4 Å². The zero-order chi connectivity index (χ0) is 17.2. The van der Waals surface area contributed by atoms with Crippen molar-refractivity contribution >= 4 is 38.4 Å². The van der Waals surface area contributed by atoms with E-state index in [0.717, 1.165) is 32.3 Å². The molecule has 0 saturated carbocycles. The summed E-state index contributed by atoms with van der Waals surface area (Å²) in [5.74, 6) is -0.129. The number of fused-ring (bicyclic) bond motifs is 1. The van der Waals surface area contributed by atoms with E-state index in [1.54, 1.807) is 12.1 Å². The van der Waals surface area contributed by atoms with Crippen molar-refractivity contribution in [3.8, 4) is 11.3 Å². The molecule has 0 aliphatic heterocycles. The molecule has 0 saturated heterocycles. The Bertz CT molecular complexity index is 1020. The van der Waals surface area contributed by atoms with Gasteiger partial charge in [-0.25, -0.2) is 0 Å². The normalized spacial score (nSPS) is 10.8. The number of hydrogen-bond donors (Lipinski definition) is 2. The van der Waals surface area contributed by atoms with Gasteiger partial charge in [0, 0.05) is 32.2 Å². The second kappa shape index (κ2) is 6.57. The maximum absolute atomic E-state index is 12.5. The van der Waals surface area contributed by atoms with Crippen molar-refractivity contribution in [2.45, 2.75) is 0 Å².